The van der Waals surface area contributed by atoms with Crippen LogP contribution < -0.4 is 20.6 Å². The summed E-state index contributed by atoms with van der Waals surface area (Å²) in [5.74, 6) is 0.425. The molecule has 2 bridgehead atoms. The Morgan fingerprint density at radius 3 is 2.59 bits per heavy atom. The first-order valence-electron chi connectivity index (χ1n) is 9.15. The van der Waals surface area contributed by atoms with E-state index in [0.29, 0.717) is 23.0 Å². The average Bonchev–Trinajstić information content (AvgIpc) is 2.97. The van der Waals surface area contributed by atoms with Crippen LogP contribution in [0.5, 0.6) is 11.5 Å². The van der Waals surface area contributed by atoms with Gasteiger partial charge in [-0.3, -0.25) is 9.59 Å². The predicted molar refractivity (Wildman–Crippen MR) is 102 cm³/mol. The van der Waals surface area contributed by atoms with E-state index in [0.717, 1.165) is 18.6 Å². The molecule has 7 nitrogen and oxygen atoms in total. The second kappa shape index (κ2) is 6.87. The number of carbonyl (C=O) groups is 2. The van der Waals surface area contributed by atoms with Crippen LogP contribution >= 0.6 is 0 Å². The van der Waals surface area contributed by atoms with Crippen molar-refractivity contribution in [3.05, 3.63) is 23.8 Å². The van der Waals surface area contributed by atoms with Crippen molar-refractivity contribution in [2.75, 3.05) is 13.7 Å². The van der Waals surface area contributed by atoms with Crippen LogP contribution in [0, 0.1) is 16.7 Å². The van der Waals surface area contributed by atoms with E-state index in [4.69, 9.17) is 15.2 Å². The molecule has 7 heteroatoms. The summed E-state index contributed by atoms with van der Waals surface area (Å²) in [6, 6.07) is 4.73. The lowest BCUT2D eigenvalue weighted by Crippen LogP contribution is -2.34. The smallest absolute Gasteiger partial charge is 0.271 e. The molecule has 0 aliphatic heterocycles. The molecule has 27 heavy (non-hydrogen) atoms. The van der Waals surface area contributed by atoms with E-state index >= 15 is 0 Å². The summed E-state index contributed by atoms with van der Waals surface area (Å²) in [6.07, 6.45) is 3.27. The number of fused-ring (bicyclic) bond motifs is 2. The maximum Gasteiger partial charge on any atom is 0.271 e. The largest absolute Gasteiger partial charge is 0.493 e. The number of rotatable bonds is 6. The Kier molecular flexibility index (Phi) is 4.88. The van der Waals surface area contributed by atoms with Crippen molar-refractivity contribution in [3.8, 4) is 11.5 Å². The molecule has 3 N–H and O–H groups in total. The zero-order chi connectivity index (χ0) is 19.8. The molecule has 2 fully saturated rings. The summed E-state index contributed by atoms with van der Waals surface area (Å²) in [5, 5.41) is 4.47. The number of ether oxygens (including phenoxy) is 2. The fraction of sp³-hybridized carbons (Fsp3) is 0.550. The number of nitrogens with zero attached hydrogens (tertiary/aromatic N) is 1. The van der Waals surface area contributed by atoms with Gasteiger partial charge in [-0.2, -0.15) is 5.10 Å². The van der Waals surface area contributed by atoms with Gasteiger partial charge in [-0.1, -0.05) is 20.8 Å². The van der Waals surface area contributed by atoms with Crippen LogP contribution in [-0.4, -0.2) is 31.2 Å². The minimum atomic E-state index is -0.586. The number of hydrogen-bond donors (Lipinski definition) is 2. The van der Waals surface area contributed by atoms with Gasteiger partial charge >= 0.3 is 0 Å². The molecule has 3 rings (SSSR count). The number of nitrogens with two attached hydrogens (primary N) is 1. The molecule has 0 saturated heterocycles. The Bertz CT molecular complexity index is 802. The summed E-state index contributed by atoms with van der Waals surface area (Å²) >= 11 is 0. The maximum atomic E-state index is 12.5. The fourth-order valence-electron chi connectivity index (χ4n) is 4.36. The van der Waals surface area contributed by atoms with Crippen molar-refractivity contribution >= 4 is 17.5 Å². The number of primary amides is 1. The van der Waals surface area contributed by atoms with E-state index in [-0.39, 0.29) is 23.3 Å². The first kappa shape index (κ1) is 19.2. The van der Waals surface area contributed by atoms with Gasteiger partial charge in [0, 0.05) is 16.7 Å². The van der Waals surface area contributed by atoms with E-state index in [2.05, 4.69) is 31.3 Å². The normalized spacial score (nSPS) is 26.8. The van der Waals surface area contributed by atoms with Gasteiger partial charge in [-0.05, 0) is 48.8 Å². The third-order valence-corrected chi connectivity index (χ3v) is 6.60. The zero-order valence-corrected chi connectivity index (χ0v) is 16.3. The van der Waals surface area contributed by atoms with Crippen LogP contribution in [0.4, 0.5) is 0 Å². The van der Waals surface area contributed by atoms with Gasteiger partial charge in [0.15, 0.2) is 18.1 Å². The van der Waals surface area contributed by atoms with Crippen molar-refractivity contribution < 1.29 is 19.1 Å². The number of nitrogens with one attached hydrogen (secondary N) is 1. The summed E-state index contributed by atoms with van der Waals surface area (Å²) in [6.45, 7) is 6.58. The number of carbonyl (C=O) groups excluding carboxylic acids is 2. The van der Waals surface area contributed by atoms with E-state index < -0.39 is 5.91 Å². The Labute approximate surface area is 159 Å². The summed E-state index contributed by atoms with van der Waals surface area (Å²) in [5.41, 5.74) is 9.49. The highest BCUT2D eigenvalue weighted by atomic mass is 16.5. The number of methoxy groups -OCH3 is 1. The van der Waals surface area contributed by atoms with Gasteiger partial charge in [-0.25, -0.2) is 5.43 Å². The van der Waals surface area contributed by atoms with Gasteiger partial charge in [0.2, 0.25) is 0 Å². The molecule has 2 aliphatic carbocycles. The second-order valence-corrected chi connectivity index (χ2v) is 8.11. The Morgan fingerprint density at radius 2 is 2.04 bits per heavy atom. The molecule has 0 aromatic heterocycles. The van der Waals surface area contributed by atoms with Crippen molar-refractivity contribution in [1.29, 1.82) is 0 Å². The molecule has 2 amide bonds. The van der Waals surface area contributed by atoms with Crippen molar-refractivity contribution in [2.45, 2.75) is 40.0 Å². The van der Waals surface area contributed by atoms with Gasteiger partial charge in [0.25, 0.3) is 11.8 Å². The molecular weight excluding hydrogens is 346 g/mol. The molecule has 146 valence electrons. The molecular formula is C20H27N3O4. The first-order valence-corrected chi connectivity index (χ1v) is 9.15. The average molecular weight is 373 g/mol. The number of benzene rings is 1. The highest BCUT2D eigenvalue weighted by Gasteiger charge is 2.60. The number of amides is 2. The van der Waals surface area contributed by atoms with E-state index in [1.54, 1.807) is 18.2 Å². The van der Waals surface area contributed by atoms with Crippen LogP contribution in [0.25, 0.3) is 0 Å². The monoisotopic (exact) mass is 373 g/mol. The molecule has 1 aromatic carbocycles. The lowest BCUT2D eigenvalue weighted by atomic mass is 9.70. The first-order chi connectivity index (χ1) is 12.7. The molecule has 0 radical (unpaired) electrons. The quantitative estimate of drug-likeness (QED) is 0.748. The molecule has 2 atom stereocenters. The molecule has 1 aromatic rings. The Hall–Kier alpha value is -2.57. The summed E-state index contributed by atoms with van der Waals surface area (Å²) in [7, 11) is 1.46. The molecule has 0 heterocycles. The van der Waals surface area contributed by atoms with Crippen LogP contribution in [0.2, 0.25) is 0 Å². The highest BCUT2D eigenvalue weighted by molar-refractivity contribution is 5.98. The lowest BCUT2D eigenvalue weighted by molar-refractivity contribution is -0.119. The molecule has 2 aliphatic rings. The van der Waals surface area contributed by atoms with E-state index in [1.807, 2.05) is 0 Å². The third kappa shape index (κ3) is 3.26. The summed E-state index contributed by atoms with van der Waals surface area (Å²) in [4.78, 5) is 23.4. The molecule has 0 spiro atoms. The predicted octanol–water partition coefficient (Wildman–Crippen LogP) is 2.49. The fourth-order valence-corrected chi connectivity index (χ4v) is 4.36. The Morgan fingerprint density at radius 1 is 1.30 bits per heavy atom. The standard InChI is InChI=1S/C20H27N3O4/c1-19(2)13-7-8-20(19,3)16(10-13)22-23-18(25)12-5-6-14(15(9-12)26-4)27-11-17(21)24/h5-6,9,13H,7-8,10-11H2,1-4H3,(H2,21,24)(H,23,25)/b22-16-/t13-,20+/m1/s1. The van der Waals surface area contributed by atoms with Crippen LogP contribution in [-0.2, 0) is 4.79 Å². The van der Waals surface area contributed by atoms with Gasteiger partial charge in [0.05, 0.1) is 7.11 Å². The SMILES string of the molecule is COc1cc(C(=O)N/N=C2/C[C@H]3CC[C@]2(C)C3(C)C)ccc1OCC(N)=O. The van der Waals surface area contributed by atoms with Gasteiger partial charge in [-0.15, -0.1) is 0 Å². The number of hydrazone groups is 1. The zero-order valence-electron chi connectivity index (χ0n) is 16.3. The van der Waals surface area contributed by atoms with Crippen LogP contribution in [0.1, 0.15) is 50.4 Å². The molecule has 0 unspecified atom stereocenters. The van der Waals surface area contributed by atoms with Crippen LogP contribution in [0.15, 0.2) is 23.3 Å². The number of hydrogen-bond acceptors (Lipinski definition) is 5. The Balaban J connectivity index is 1.73. The van der Waals surface area contributed by atoms with Gasteiger partial charge < -0.3 is 15.2 Å². The minimum absolute atomic E-state index is 0.0368. The van der Waals surface area contributed by atoms with E-state index in [9.17, 15) is 9.59 Å². The van der Waals surface area contributed by atoms with E-state index in [1.165, 1.54) is 13.5 Å². The highest BCUT2D eigenvalue weighted by Crippen LogP contribution is 2.63. The summed E-state index contributed by atoms with van der Waals surface area (Å²) < 4.78 is 10.5. The minimum Gasteiger partial charge on any atom is -0.493 e. The van der Waals surface area contributed by atoms with Crippen molar-refractivity contribution in [1.82, 2.24) is 5.43 Å². The van der Waals surface area contributed by atoms with Crippen molar-refractivity contribution in [2.24, 2.45) is 27.6 Å². The topological polar surface area (TPSA) is 103 Å². The van der Waals surface area contributed by atoms with Crippen molar-refractivity contribution in [3.63, 3.8) is 0 Å². The second-order valence-electron chi connectivity index (χ2n) is 8.11. The van der Waals surface area contributed by atoms with Crippen LogP contribution in [0.3, 0.4) is 0 Å². The third-order valence-electron chi connectivity index (χ3n) is 6.60. The lowest BCUT2D eigenvalue weighted by Gasteiger charge is -2.34. The van der Waals surface area contributed by atoms with Gasteiger partial charge in [0.1, 0.15) is 0 Å². The maximum absolute atomic E-state index is 12.5. The molecule has 2 saturated carbocycles.